The van der Waals surface area contributed by atoms with Crippen LogP contribution in [0, 0.1) is 5.92 Å². The topological polar surface area (TPSA) is 29.1 Å². The summed E-state index contributed by atoms with van der Waals surface area (Å²) in [5, 5.41) is 6.31. The molecule has 0 heterocycles. The van der Waals surface area contributed by atoms with Crippen LogP contribution in [0.25, 0.3) is 0 Å². The van der Waals surface area contributed by atoms with Crippen LogP contribution in [-0.2, 0) is 4.79 Å². The van der Waals surface area contributed by atoms with Crippen molar-refractivity contribution in [1.82, 2.24) is 5.32 Å². The van der Waals surface area contributed by atoms with E-state index >= 15 is 0 Å². The third-order valence-corrected chi connectivity index (χ3v) is 11.5. The van der Waals surface area contributed by atoms with Crippen molar-refractivity contribution in [3.63, 3.8) is 0 Å². The molecular formula is C30H39NOSi. The molecular weight excluding hydrogens is 418 g/mol. The summed E-state index contributed by atoms with van der Waals surface area (Å²) in [6, 6.07) is 22.3. The highest BCUT2D eigenvalue weighted by Crippen LogP contribution is 2.39. The molecule has 2 unspecified atom stereocenters. The molecule has 2 nitrogen and oxygen atoms in total. The van der Waals surface area contributed by atoms with Gasteiger partial charge in [-0.25, -0.2) is 0 Å². The largest absolute Gasteiger partial charge is 0.353 e. The number of carbonyl (C=O) groups excluding carboxylic acids is 1. The van der Waals surface area contributed by atoms with Crippen LogP contribution < -0.4 is 15.7 Å². The number of carbonyl (C=O) groups is 1. The number of rotatable bonds is 9. The van der Waals surface area contributed by atoms with Crippen molar-refractivity contribution in [2.75, 3.05) is 0 Å². The monoisotopic (exact) mass is 457 g/mol. The Bertz CT molecular complexity index is 920. The van der Waals surface area contributed by atoms with E-state index in [9.17, 15) is 4.79 Å². The second-order valence-corrected chi connectivity index (χ2v) is 12.9. The lowest BCUT2D eigenvalue weighted by Crippen LogP contribution is -2.53. The van der Waals surface area contributed by atoms with Gasteiger partial charge in [-0.15, -0.1) is 0 Å². The molecule has 1 amide bonds. The lowest BCUT2D eigenvalue weighted by atomic mass is 9.83. The second kappa shape index (κ2) is 11.6. The lowest BCUT2D eigenvalue weighted by molar-refractivity contribution is -0.121. The lowest BCUT2D eigenvalue weighted by Gasteiger charge is -2.35. The molecule has 0 saturated heterocycles. The Hall–Kier alpha value is -2.39. The molecule has 0 spiro atoms. The Balaban J connectivity index is 1.77. The van der Waals surface area contributed by atoms with Gasteiger partial charge in [0.2, 0.25) is 5.91 Å². The Morgan fingerprint density at radius 1 is 0.970 bits per heavy atom. The first-order chi connectivity index (χ1) is 16.2. The van der Waals surface area contributed by atoms with Gasteiger partial charge in [0, 0.05) is 18.0 Å². The van der Waals surface area contributed by atoms with Crippen LogP contribution in [0.3, 0.4) is 0 Å². The Morgan fingerprint density at radius 2 is 1.58 bits per heavy atom. The maximum atomic E-state index is 12.5. The van der Waals surface area contributed by atoms with E-state index in [1.54, 1.807) is 11.1 Å². The molecule has 2 aliphatic carbocycles. The molecule has 0 radical (unpaired) electrons. The van der Waals surface area contributed by atoms with E-state index in [1.807, 2.05) is 6.92 Å². The van der Waals surface area contributed by atoms with Crippen LogP contribution >= 0.6 is 0 Å². The predicted molar refractivity (Wildman–Crippen MR) is 143 cm³/mol. The molecule has 2 aromatic carbocycles. The van der Waals surface area contributed by atoms with Crippen LogP contribution in [0.1, 0.15) is 65.2 Å². The molecule has 0 aliphatic heterocycles. The third-order valence-electron chi connectivity index (χ3n) is 7.63. The minimum Gasteiger partial charge on any atom is -0.353 e. The summed E-state index contributed by atoms with van der Waals surface area (Å²) >= 11 is 0. The quantitative estimate of drug-likeness (QED) is 0.492. The number of allylic oxidation sites excluding steroid dienone is 3. The van der Waals surface area contributed by atoms with Gasteiger partial charge in [0.15, 0.2) is 0 Å². The predicted octanol–water partition coefficient (Wildman–Crippen LogP) is 5.54. The highest BCUT2D eigenvalue weighted by molar-refractivity contribution is 6.87. The second-order valence-electron chi connectivity index (χ2n) is 9.90. The van der Waals surface area contributed by atoms with Gasteiger partial charge in [-0.2, -0.15) is 0 Å². The van der Waals surface area contributed by atoms with Gasteiger partial charge in [0.05, 0.1) is 0 Å². The fraction of sp³-hybridized carbons (Fsp3) is 0.433. The van der Waals surface area contributed by atoms with Crippen LogP contribution in [0.4, 0.5) is 0 Å². The van der Waals surface area contributed by atoms with E-state index in [0.717, 1.165) is 12.3 Å². The number of amides is 1. The number of nitrogens with one attached hydrogen (secondary N) is 1. The Morgan fingerprint density at radius 3 is 2.15 bits per heavy atom. The van der Waals surface area contributed by atoms with Crippen LogP contribution in [0.15, 0.2) is 84.0 Å². The average Bonchev–Trinajstić information content (AvgIpc) is 3.31. The first-order valence-corrected chi connectivity index (χ1v) is 14.8. The summed E-state index contributed by atoms with van der Waals surface area (Å²) in [6.45, 7) is 4.19. The van der Waals surface area contributed by atoms with Crippen LogP contribution in [0.2, 0.25) is 5.54 Å². The minimum atomic E-state index is -1.65. The van der Waals surface area contributed by atoms with Crippen molar-refractivity contribution >= 4 is 25.1 Å². The van der Waals surface area contributed by atoms with Gasteiger partial charge in [0.25, 0.3) is 0 Å². The fourth-order valence-electron chi connectivity index (χ4n) is 5.98. The Kier molecular flexibility index (Phi) is 8.39. The molecule has 2 atom stereocenters. The fourth-order valence-corrected chi connectivity index (χ4v) is 9.90. The summed E-state index contributed by atoms with van der Waals surface area (Å²) in [5.41, 5.74) is 3.52. The van der Waals surface area contributed by atoms with E-state index in [4.69, 9.17) is 0 Å². The standard InChI is InChI=1S/C30H39NOSi/c1-3-29(32)31-23(2)30(28-21-13-16-25(28)22-24-14-7-4-8-15-24)33(26-17-9-5-10-18-26)27-19-11-6-12-20-27/h5-6,9-13,16-20,23-24,30,33H,3-4,7-8,14-15,21-22H2,1-2H3,(H,31,32). The van der Waals surface area contributed by atoms with Crippen molar-refractivity contribution in [3.8, 4) is 0 Å². The van der Waals surface area contributed by atoms with Crippen molar-refractivity contribution in [2.45, 2.75) is 76.8 Å². The number of hydrogen-bond acceptors (Lipinski definition) is 1. The maximum Gasteiger partial charge on any atom is 0.219 e. The zero-order chi connectivity index (χ0) is 23.0. The van der Waals surface area contributed by atoms with Crippen molar-refractivity contribution in [2.24, 2.45) is 5.92 Å². The van der Waals surface area contributed by atoms with Gasteiger partial charge in [0.1, 0.15) is 8.80 Å². The molecule has 3 heteroatoms. The molecule has 2 aromatic rings. The zero-order valence-corrected chi connectivity index (χ0v) is 21.5. The average molecular weight is 458 g/mol. The van der Waals surface area contributed by atoms with Gasteiger partial charge >= 0.3 is 0 Å². The molecule has 1 saturated carbocycles. The number of hydrogen-bond donors (Lipinski definition) is 1. The first kappa shape index (κ1) is 23.8. The molecule has 174 valence electrons. The third kappa shape index (κ3) is 5.95. The van der Waals surface area contributed by atoms with Gasteiger partial charge in [-0.1, -0.05) is 128 Å². The summed E-state index contributed by atoms with van der Waals surface area (Å²) in [6.07, 6.45) is 14.5. The van der Waals surface area contributed by atoms with E-state index in [1.165, 1.54) is 48.9 Å². The normalized spacial score (nSPS) is 18.5. The summed E-state index contributed by atoms with van der Waals surface area (Å²) in [4.78, 5) is 12.5. The molecule has 0 aromatic heterocycles. The van der Waals surface area contributed by atoms with Crippen molar-refractivity contribution < 1.29 is 4.79 Å². The molecule has 4 rings (SSSR count). The smallest absolute Gasteiger partial charge is 0.219 e. The van der Waals surface area contributed by atoms with E-state index in [-0.39, 0.29) is 11.9 Å². The first-order valence-electron chi connectivity index (χ1n) is 12.9. The highest BCUT2D eigenvalue weighted by Gasteiger charge is 2.36. The zero-order valence-electron chi connectivity index (χ0n) is 20.3. The van der Waals surface area contributed by atoms with Crippen molar-refractivity contribution in [1.29, 1.82) is 0 Å². The summed E-state index contributed by atoms with van der Waals surface area (Å²) in [5.74, 6) is 0.975. The molecule has 33 heavy (non-hydrogen) atoms. The summed E-state index contributed by atoms with van der Waals surface area (Å²) in [7, 11) is -1.65. The molecule has 0 bridgehead atoms. The van der Waals surface area contributed by atoms with E-state index in [0.29, 0.717) is 12.0 Å². The van der Waals surface area contributed by atoms with Gasteiger partial charge in [-0.3, -0.25) is 4.79 Å². The van der Waals surface area contributed by atoms with Gasteiger partial charge in [-0.05, 0) is 31.3 Å². The van der Waals surface area contributed by atoms with Gasteiger partial charge < -0.3 is 5.32 Å². The highest BCUT2D eigenvalue weighted by atomic mass is 28.3. The van der Waals surface area contributed by atoms with Crippen LogP contribution in [0.5, 0.6) is 0 Å². The Labute approximate surface area is 201 Å². The maximum absolute atomic E-state index is 12.5. The summed E-state index contributed by atoms with van der Waals surface area (Å²) < 4.78 is 0. The van der Waals surface area contributed by atoms with E-state index in [2.05, 4.69) is 85.1 Å². The molecule has 1 fully saturated rings. The van der Waals surface area contributed by atoms with Crippen molar-refractivity contribution in [3.05, 3.63) is 84.0 Å². The molecule has 1 N–H and O–H groups in total. The SMILES string of the molecule is CCC(=O)NC(C)C(C1=C(CC2CCCCC2)C=CC1)[SiH](c1ccccc1)c1ccccc1. The minimum absolute atomic E-state index is 0.116. The van der Waals surface area contributed by atoms with Crippen LogP contribution in [-0.4, -0.2) is 20.7 Å². The number of benzene rings is 2. The molecule has 2 aliphatic rings. The van der Waals surface area contributed by atoms with E-state index < -0.39 is 8.80 Å².